The Kier molecular flexibility index (Phi) is 10.8. The van der Waals surface area contributed by atoms with Crippen molar-refractivity contribution in [1.82, 2.24) is 20.9 Å². The summed E-state index contributed by atoms with van der Waals surface area (Å²) in [7, 11) is 0. The number of carbonyl (C=O) groups excluding carboxylic acids is 6. The van der Waals surface area contributed by atoms with Gasteiger partial charge < -0.3 is 20.9 Å². The van der Waals surface area contributed by atoms with Crippen LogP contribution in [-0.4, -0.2) is 70.7 Å². The van der Waals surface area contributed by atoms with E-state index < -0.39 is 71.1 Å². The van der Waals surface area contributed by atoms with Gasteiger partial charge in [-0.3, -0.25) is 28.8 Å². The van der Waals surface area contributed by atoms with Crippen molar-refractivity contribution < 1.29 is 37.5 Å². The molecule has 2 rings (SSSR count). The van der Waals surface area contributed by atoms with Crippen molar-refractivity contribution in [3.8, 4) is 0 Å². The number of benzene rings is 1. The number of rotatable bonds is 12. The zero-order valence-corrected chi connectivity index (χ0v) is 22.8. The highest BCUT2D eigenvalue weighted by Gasteiger charge is 2.51. The predicted molar refractivity (Wildman–Crippen MR) is 137 cm³/mol. The fourth-order valence-electron chi connectivity index (χ4n) is 4.22. The molecule has 0 saturated carbocycles. The maximum Gasteiger partial charge on any atom is 0.383 e. The lowest BCUT2D eigenvalue weighted by molar-refractivity contribution is -0.161. The standard InChI is InChI=1S/C27H36F2N4O6/c1-15(2)20(22(35)27(28,29)26(39)30-14-18-10-7-6-8-11-18)31-24(37)19-12-9-13-33(19)25(38)21(16(3)4)32-23(36)17(5)34/h6-8,10-11,15-16,19-21H,9,12-14H2,1-5H3,(H,30,39)(H,31,37)(H,32,36). The lowest BCUT2D eigenvalue weighted by atomic mass is 9.94. The summed E-state index contributed by atoms with van der Waals surface area (Å²) in [5, 5.41) is 6.75. The third-order valence-electron chi connectivity index (χ3n) is 6.52. The maximum absolute atomic E-state index is 14.9. The average Bonchev–Trinajstić information content (AvgIpc) is 3.38. The van der Waals surface area contributed by atoms with E-state index in [0.717, 1.165) is 6.92 Å². The Bertz CT molecular complexity index is 1090. The summed E-state index contributed by atoms with van der Waals surface area (Å²) in [6.45, 7) is 7.23. The molecular weight excluding hydrogens is 514 g/mol. The molecule has 39 heavy (non-hydrogen) atoms. The summed E-state index contributed by atoms with van der Waals surface area (Å²) in [4.78, 5) is 76.0. The minimum absolute atomic E-state index is 0.161. The summed E-state index contributed by atoms with van der Waals surface area (Å²) >= 11 is 0. The molecule has 4 amide bonds. The van der Waals surface area contributed by atoms with Gasteiger partial charge in [0.25, 0.3) is 11.8 Å². The highest BCUT2D eigenvalue weighted by atomic mass is 19.3. The van der Waals surface area contributed by atoms with Crippen LogP contribution in [0, 0.1) is 11.8 Å². The van der Waals surface area contributed by atoms with E-state index in [9.17, 15) is 37.5 Å². The largest absolute Gasteiger partial charge is 0.383 e. The van der Waals surface area contributed by atoms with Crippen molar-refractivity contribution in [1.29, 1.82) is 0 Å². The first-order valence-electron chi connectivity index (χ1n) is 12.8. The van der Waals surface area contributed by atoms with Gasteiger partial charge in [0, 0.05) is 20.0 Å². The SMILES string of the molecule is CC(=O)C(=O)NC(C(=O)N1CCCC1C(=O)NC(C(=O)C(F)(F)C(=O)NCc1ccccc1)C(C)C)C(C)C. The van der Waals surface area contributed by atoms with Crippen molar-refractivity contribution in [2.75, 3.05) is 6.54 Å². The number of hydrogen-bond donors (Lipinski definition) is 3. The normalized spacial score (nSPS) is 16.9. The Balaban J connectivity index is 2.15. The van der Waals surface area contributed by atoms with E-state index in [1.54, 1.807) is 44.2 Å². The fourth-order valence-corrected chi connectivity index (χ4v) is 4.22. The molecule has 0 spiro atoms. The van der Waals surface area contributed by atoms with Gasteiger partial charge in [0.05, 0.1) is 6.04 Å². The number of ketones is 2. The summed E-state index contributed by atoms with van der Waals surface area (Å²) in [6.07, 6.45) is 0.629. The first-order valence-corrected chi connectivity index (χ1v) is 12.8. The van der Waals surface area contributed by atoms with Gasteiger partial charge in [0.15, 0.2) is 0 Å². The molecule has 3 atom stereocenters. The summed E-state index contributed by atoms with van der Waals surface area (Å²) < 4.78 is 29.8. The predicted octanol–water partition coefficient (Wildman–Crippen LogP) is 1.37. The topological polar surface area (TPSA) is 142 Å². The van der Waals surface area contributed by atoms with Crippen LogP contribution in [0.1, 0.15) is 53.0 Å². The number of amides is 4. The number of hydrogen-bond acceptors (Lipinski definition) is 6. The van der Waals surface area contributed by atoms with Crippen LogP contribution in [0.25, 0.3) is 0 Å². The zero-order valence-electron chi connectivity index (χ0n) is 22.8. The van der Waals surface area contributed by atoms with Crippen LogP contribution < -0.4 is 16.0 Å². The van der Waals surface area contributed by atoms with Crippen LogP contribution in [0.4, 0.5) is 8.78 Å². The average molecular weight is 551 g/mol. The van der Waals surface area contributed by atoms with Crippen molar-refractivity contribution in [2.45, 2.75) is 78.1 Å². The molecule has 3 N–H and O–H groups in total. The lowest BCUT2D eigenvalue weighted by Crippen LogP contribution is -2.60. The van der Waals surface area contributed by atoms with Gasteiger partial charge in [0.1, 0.15) is 12.1 Å². The number of likely N-dealkylation sites (tertiary alicyclic amines) is 1. The van der Waals surface area contributed by atoms with Gasteiger partial charge in [-0.05, 0) is 30.2 Å². The quantitative estimate of drug-likeness (QED) is 0.265. The van der Waals surface area contributed by atoms with Crippen molar-refractivity contribution in [2.24, 2.45) is 11.8 Å². The van der Waals surface area contributed by atoms with Crippen molar-refractivity contribution in [3.05, 3.63) is 35.9 Å². The monoisotopic (exact) mass is 550 g/mol. The highest BCUT2D eigenvalue weighted by molar-refractivity contribution is 6.35. The zero-order chi connectivity index (χ0) is 29.5. The molecule has 3 unspecified atom stereocenters. The number of nitrogens with one attached hydrogen (secondary N) is 3. The molecular formula is C27H36F2N4O6. The molecule has 0 aliphatic carbocycles. The van der Waals surface area contributed by atoms with Crippen LogP contribution >= 0.6 is 0 Å². The molecule has 1 aliphatic rings. The minimum Gasteiger partial charge on any atom is -0.346 e. The second-order valence-electron chi connectivity index (χ2n) is 10.3. The Hall–Kier alpha value is -3.70. The van der Waals surface area contributed by atoms with Crippen LogP contribution in [0.5, 0.6) is 0 Å². The molecule has 1 fully saturated rings. The Morgan fingerprint density at radius 3 is 2.08 bits per heavy atom. The van der Waals surface area contributed by atoms with E-state index in [4.69, 9.17) is 0 Å². The third-order valence-corrected chi connectivity index (χ3v) is 6.52. The second kappa shape index (κ2) is 13.4. The maximum atomic E-state index is 14.9. The number of nitrogens with zero attached hydrogens (tertiary/aromatic N) is 1. The van der Waals surface area contributed by atoms with Crippen LogP contribution in [0.2, 0.25) is 0 Å². The van der Waals surface area contributed by atoms with Crippen LogP contribution in [0.3, 0.4) is 0 Å². The molecule has 1 aromatic carbocycles. The highest BCUT2D eigenvalue weighted by Crippen LogP contribution is 2.24. The van der Waals surface area contributed by atoms with E-state index in [1.165, 1.54) is 18.7 Å². The number of alkyl halides is 2. The van der Waals surface area contributed by atoms with E-state index in [-0.39, 0.29) is 19.5 Å². The van der Waals surface area contributed by atoms with Crippen LogP contribution in [0.15, 0.2) is 30.3 Å². The molecule has 1 saturated heterocycles. The summed E-state index contributed by atoms with van der Waals surface area (Å²) in [6, 6.07) is 4.45. The minimum atomic E-state index is -4.41. The van der Waals surface area contributed by atoms with Gasteiger partial charge >= 0.3 is 5.92 Å². The molecule has 1 heterocycles. The van der Waals surface area contributed by atoms with E-state index in [1.807, 2.05) is 0 Å². The number of Topliss-reactive ketones (excluding diaryl/α,β-unsaturated/α-hetero) is 2. The van der Waals surface area contributed by atoms with Crippen molar-refractivity contribution >= 4 is 35.2 Å². The summed E-state index contributed by atoms with van der Waals surface area (Å²) in [5.74, 6) is -12.3. The first kappa shape index (κ1) is 31.5. The summed E-state index contributed by atoms with van der Waals surface area (Å²) in [5.41, 5.74) is 0.563. The fraction of sp³-hybridized carbons (Fsp3) is 0.556. The Labute approximate surface area is 226 Å². The van der Waals surface area contributed by atoms with E-state index >= 15 is 0 Å². The molecule has 1 aliphatic heterocycles. The molecule has 0 radical (unpaired) electrons. The first-order chi connectivity index (χ1) is 18.2. The Morgan fingerprint density at radius 2 is 1.54 bits per heavy atom. The molecule has 10 nitrogen and oxygen atoms in total. The molecule has 1 aromatic rings. The van der Waals surface area contributed by atoms with Gasteiger partial charge in [-0.15, -0.1) is 0 Å². The second-order valence-corrected chi connectivity index (χ2v) is 10.3. The molecule has 214 valence electrons. The van der Waals surface area contributed by atoms with Gasteiger partial charge in [0.2, 0.25) is 23.4 Å². The van der Waals surface area contributed by atoms with Crippen LogP contribution in [-0.2, 0) is 35.3 Å². The van der Waals surface area contributed by atoms with E-state index in [2.05, 4.69) is 16.0 Å². The third kappa shape index (κ3) is 7.90. The van der Waals surface area contributed by atoms with E-state index in [0.29, 0.717) is 12.0 Å². The van der Waals surface area contributed by atoms with Gasteiger partial charge in [-0.1, -0.05) is 58.0 Å². The van der Waals surface area contributed by atoms with Gasteiger partial charge in [-0.25, -0.2) is 0 Å². The number of halogens is 2. The van der Waals surface area contributed by atoms with Crippen molar-refractivity contribution in [3.63, 3.8) is 0 Å². The Morgan fingerprint density at radius 1 is 0.949 bits per heavy atom. The number of carbonyl (C=O) groups is 6. The molecule has 12 heteroatoms. The molecule has 0 bridgehead atoms. The van der Waals surface area contributed by atoms with Gasteiger partial charge in [-0.2, -0.15) is 8.78 Å². The molecule has 0 aromatic heterocycles. The smallest absolute Gasteiger partial charge is 0.346 e. The lowest BCUT2D eigenvalue weighted by Gasteiger charge is -2.32.